The Bertz CT molecular complexity index is 1270. The van der Waals surface area contributed by atoms with E-state index in [0.717, 1.165) is 59.3 Å². The van der Waals surface area contributed by atoms with Crippen molar-refractivity contribution in [1.29, 1.82) is 0 Å². The minimum Gasteiger partial charge on any atom is -0.395 e. The second-order valence-corrected chi connectivity index (χ2v) is 10.8. The van der Waals surface area contributed by atoms with Crippen molar-refractivity contribution >= 4 is 6.03 Å². The van der Waals surface area contributed by atoms with Gasteiger partial charge in [-0.15, -0.1) is 0 Å². The molecule has 218 valence electrons. The number of aliphatic hydroxyl groups excluding tert-OH is 2. The number of hydrogen-bond donors (Lipinski definition) is 4. The van der Waals surface area contributed by atoms with Crippen molar-refractivity contribution < 1.29 is 24.5 Å². The molecule has 4 N–H and O–H groups in total. The third-order valence-electron chi connectivity index (χ3n) is 8.05. The Morgan fingerprint density at radius 1 is 0.951 bits per heavy atom. The van der Waals surface area contributed by atoms with Gasteiger partial charge < -0.3 is 30.3 Å². The maximum atomic E-state index is 11.9. The molecule has 4 atom stereocenters. The number of nitrogens with one attached hydrogen (secondary N) is 2. The van der Waals surface area contributed by atoms with Gasteiger partial charge >= 0.3 is 6.03 Å². The van der Waals surface area contributed by atoms with Gasteiger partial charge in [-0.1, -0.05) is 72.8 Å². The number of rotatable bonds is 10. The zero-order valence-corrected chi connectivity index (χ0v) is 23.7. The van der Waals surface area contributed by atoms with Crippen LogP contribution in [-0.2, 0) is 22.6 Å². The Labute approximate surface area is 242 Å². The summed E-state index contributed by atoms with van der Waals surface area (Å²) in [7, 11) is 0. The van der Waals surface area contributed by atoms with Crippen molar-refractivity contribution in [2.45, 2.75) is 63.9 Å². The molecular weight excluding hydrogens is 518 g/mol. The smallest absolute Gasteiger partial charge is 0.315 e. The lowest BCUT2D eigenvalue weighted by Gasteiger charge is -2.38. The minimum absolute atomic E-state index is 0.00908. The number of ether oxygens (including phenoxy) is 2. The van der Waals surface area contributed by atoms with Crippen molar-refractivity contribution in [3.8, 4) is 11.1 Å². The third kappa shape index (κ3) is 7.33. The molecule has 0 aromatic heterocycles. The van der Waals surface area contributed by atoms with Gasteiger partial charge in [0.05, 0.1) is 25.4 Å². The summed E-state index contributed by atoms with van der Waals surface area (Å²) in [6, 6.07) is 24.2. The van der Waals surface area contributed by atoms with Gasteiger partial charge in [0.25, 0.3) is 0 Å². The molecule has 2 fully saturated rings. The van der Waals surface area contributed by atoms with Gasteiger partial charge in [0.1, 0.15) is 0 Å². The monoisotopic (exact) mass is 559 g/mol. The fraction of sp³-hybridized carbons (Fsp3) is 0.424. The summed E-state index contributed by atoms with van der Waals surface area (Å²) in [5.74, 6) is 0. The van der Waals surface area contributed by atoms with Crippen LogP contribution in [-0.4, -0.2) is 59.5 Å². The van der Waals surface area contributed by atoms with Crippen LogP contribution in [0.2, 0.25) is 0 Å². The highest BCUT2D eigenvalue weighted by Crippen LogP contribution is 2.39. The number of aliphatic hydroxyl groups is 2. The standard InChI is InChI=1S/C33H41N3O5/c1-2-34-33(39)35-19-27-6-3-4-8-30(27)24-13-15-26(16-14-24)32-40-29(20-36-17-5-7-28(36)22-38)18-31(41-32)25-11-9-23(21-37)10-12-25/h3-4,6,8-16,28-29,31-32,37-38H,2,5,7,17-22H2,1H3,(H2,34,35,39)/t28-,29+,31-,32-/m0/s1. The van der Waals surface area contributed by atoms with E-state index in [1.165, 1.54) is 0 Å². The SMILES string of the molecule is CCNC(=O)NCc1ccccc1-c1ccc([C@H]2O[C@@H](CN3CCC[C@H]3CO)C[C@@H](c3ccc(CO)cc3)O2)cc1. The summed E-state index contributed by atoms with van der Waals surface area (Å²) in [5, 5.41) is 25.0. The van der Waals surface area contributed by atoms with Gasteiger partial charge in [-0.25, -0.2) is 4.79 Å². The number of likely N-dealkylation sites (tertiary alicyclic amines) is 1. The normalized spacial score (nSPS) is 22.9. The van der Waals surface area contributed by atoms with Crippen LogP contribution in [0.25, 0.3) is 11.1 Å². The predicted molar refractivity (Wildman–Crippen MR) is 158 cm³/mol. The molecule has 2 aliphatic heterocycles. The highest BCUT2D eigenvalue weighted by atomic mass is 16.7. The Kier molecular flexibility index (Phi) is 10.0. The first kappa shape index (κ1) is 29.2. The molecule has 8 heteroatoms. The highest BCUT2D eigenvalue weighted by Gasteiger charge is 2.35. The van der Waals surface area contributed by atoms with Gasteiger partial charge in [-0.2, -0.15) is 0 Å². The second kappa shape index (κ2) is 14.1. The summed E-state index contributed by atoms with van der Waals surface area (Å²) in [4.78, 5) is 14.3. The first-order valence-electron chi connectivity index (χ1n) is 14.6. The van der Waals surface area contributed by atoms with E-state index in [2.05, 4.69) is 45.9 Å². The van der Waals surface area contributed by atoms with Crippen LogP contribution < -0.4 is 10.6 Å². The van der Waals surface area contributed by atoms with Crippen molar-refractivity contribution in [2.75, 3.05) is 26.2 Å². The van der Waals surface area contributed by atoms with Crippen LogP contribution >= 0.6 is 0 Å². The van der Waals surface area contributed by atoms with Crippen LogP contribution in [0.3, 0.4) is 0 Å². The molecule has 0 aliphatic carbocycles. The van der Waals surface area contributed by atoms with E-state index in [1.54, 1.807) is 0 Å². The van der Waals surface area contributed by atoms with E-state index < -0.39 is 6.29 Å². The molecule has 0 saturated carbocycles. The molecule has 0 unspecified atom stereocenters. The number of carbonyl (C=O) groups is 1. The summed E-state index contributed by atoms with van der Waals surface area (Å²) < 4.78 is 13.1. The van der Waals surface area contributed by atoms with Crippen molar-refractivity contribution in [3.05, 3.63) is 95.1 Å². The molecule has 3 aromatic carbocycles. The van der Waals surface area contributed by atoms with E-state index in [1.807, 2.05) is 49.4 Å². The van der Waals surface area contributed by atoms with Crippen molar-refractivity contribution in [3.63, 3.8) is 0 Å². The van der Waals surface area contributed by atoms with Crippen LogP contribution in [0.1, 0.15) is 60.8 Å². The lowest BCUT2D eigenvalue weighted by Crippen LogP contribution is -2.42. The Morgan fingerprint density at radius 3 is 2.44 bits per heavy atom. The Hall–Kier alpha value is -3.27. The fourth-order valence-electron chi connectivity index (χ4n) is 5.81. The van der Waals surface area contributed by atoms with E-state index in [9.17, 15) is 15.0 Å². The number of amides is 2. The van der Waals surface area contributed by atoms with Crippen LogP contribution in [0.15, 0.2) is 72.8 Å². The molecular formula is C33H41N3O5. The summed E-state index contributed by atoms with van der Waals surface area (Å²) in [5.41, 5.74) is 6.01. The minimum atomic E-state index is -0.532. The molecule has 8 nitrogen and oxygen atoms in total. The zero-order chi connectivity index (χ0) is 28.6. The third-order valence-corrected chi connectivity index (χ3v) is 8.05. The quantitative estimate of drug-likeness (QED) is 0.288. The van der Waals surface area contributed by atoms with Gasteiger partial charge in [0.2, 0.25) is 0 Å². The highest BCUT2D eigenvalue weighted by molar-refractivity contribution is 5.74. The molecule has 0 bridgehead atoms. The van der Waals surface area contributed by atoms with E-state index in [-0.39, 0.29) is 37.5 Å². The van der Waals surface area contributed by atoms with Crippen molar-refractivity contribution in [2.24, 2.45) is 0 Å². The van der Waals surface area contributed by atoms with E-state index in [4.69, 9.17) is 9.47 Å². The Morgan fingerprint density at radius 2 is 1.71 bits per heavy atom. The molecule has 2 saturated heterocycles. The van der Waals surface area contributed by atoms with Crippen LogP contribution in [0.4, 0.5) is 4.79 Å². The maximum absolute atomic E-state index is 11.9. The maximum Gasteiger partial charge on any atom is 0.315 e. The molecule has 41 heavy (non-hydrogen) atoms. The first-order valence-corrected chi connectivity index (χ1v) is 14.6. The number of urea groups is 1. The lowest BCUT2D eigenvalue weighted by atomic mass is 9.97. The predicted octanol–water partition coefficient (Wildman–Crippen LogP) is 4.67. The molecule has 0 spiro atoms. The lowest BCUT2D eigenvalue weighted by molar-refractivity contribution is -0.253. The molecule has 3 aromatic rings. The van der Waals surface area contributed by atoms with Crippen molar-refractivity contribution in [1.82, 2.24) is 15.5 Å². The number of nitrogens with zero attached hydrogens (tertiary/aromatic N) is 1. The topological polar surface area (TPSA) is 103 Å². The number of benzene rings is 3. The van der Waals surface area contributed by atoms with Crippen LogP contribution in [0, 0.1) is 0 Å². The molecule has 2 heterocycles. The second-order valence-electron chi connectivity index (χ2n) is 10.8. The largest absolute Gasteiger partial charge is 0.395 e. The van der Waals surface area contributed by atoms with E-state index in [0.29, 0.717) is 19.5 Å². The zero-order valence-electron chi connectivity index (χ0n) is 23.7. The van der Waals surface area contributed by atoms with E-state index >= 15 is 0 Å². The first-order chi connectivity index (χ1) is 20.1. The summed E-state index contributed by atoms with van der Waals surface area (Å²) >= 11 is 0. The summed E-state index contributed by atoms with van der Waals surface area (Å²) in [6.07, 6.45) is 2.08. The fourth-order valence-corrected chi connectivity index (χ4v) is 5.81. The molecule has 5 rings (SSSR count). The van der Waals surface area contributed by atoms with Crippen LogP contribution in [0.5, 0.6) is 0 Å². The van der Waals surface area contributed by atoms with Gasteiger partial charge in [-0.3, -0.25) is 4.90 Å². The van der Waals surface area contributed by atoms with Gasteiger partial charge in [-0.05, 0) is 54.1 Å². The molecule has 2 amide bonds. The number of hydrogen-bond acceptors (Lipinski definition) is 6. The number of carbonyl (C=O) groups excluding carboxylic acids is 1. The van der Waals surface area contributed by atoms with Gasteiger partial charge in [0, 0.05) is 37.7 Å². The molecule has 2 aliphatic rings. The van der Waals surface area contributed by atoms with Gasteiger partial charge in [0.15, 0.2) is 6.29 Å². The summed E-state index contributed by atoms with van der Waals surface area (Å²) in [6.45, 7) is 4.80. The molecule has 0 radical (unpaired) electrons. The average Bonchev–Trinajstić information content (AvgIpc) is 3.47. The Balaban J connectivity index is 1.34. The average molecular weight is 560 g/mol.